The molecular formula is C32H37Cl2N3O6S2. The van der Waals surface area contributed by atoms with E-state index >= 15 is 0 Å². The van der Waals surface area contributed by atoms with Crippen molar-refractivity contribution in [3.63, 3.8) is 0 Å². The lowest BCUT2D eigenvalue weighted by atomic mass is 10.0. The van der Waals surface area contributed by atoms with Crippen LogP contribution in [0.3, 0.4) is 0 Å². The second-order valence-corrected chi connectivity index (χ2v) is 13.4. The van der Waals surface area contributed by atoms with E-state index in [1.165, 1.54) is 12.1 Å². The highest BCUT2D eigenvalue weighted by Gasteiger charge is 2.25. The lowest BCUT2D eigenvalue weighted by Gasteiger charge is -2.26. The van der Waals surface area contributed by atoms with Gasteiger partial charge in [-0.25, -0.2) is 13.1 Å². The summed E-state index contributed by atoms with van der Waals surface area (Å²) in [6.45, 7) is 4.27. The Kier molecular flexibility index (Phi) is 13.7. The molecule has 0 aromatic heterocycles. The first-order valence-corrected chi connectivity index (χ1v) is 17.3. The van der Waals surface area contributed by atoms with Crippen LogP contribution in [-0.2, 0) is 37.5 Å². The van der Waals surface area contributed by atoms with Gasteiger partial charge in [-0.05, 0) is 48.7 Å². The molecule has 242 valence electrons. The Morgan fingerprint density at radius 3 is 2.13 bits per heavy atom. The molecule has 0 fully saturated rings. The second-order valence-electron chi connectivity index (χ2n) is 10.4. The molecule has 9 nitrogen and oxygen atoms in total. The minimum absolute atomic E-state index is 0.105. The number of nitrogens with zero attached hydrogens (tertiary/aromatic N) is 2. The van der Waals surface area contributed by atoms with Crippen molar-refractivity contribution in [3.05, 3.63) is 87.9 Å². The number of sulfonamides is 1. The summed E-state index contributed by atoms with van der Waals surface area (Å²) in [5.41, 5.74) is 2.24. The Morgan fingerprint density at radius 1 is 0.867 bits per heavy atom. The van der Waals surface area contributed by atoms with Gasteiger partial charge in [0.05, 0.1) is 4.90 Å². The lowest BCUT2D eigenvalue weighted by Crippen LogP contribution is -2.37. The molecule has 45 heavy (non-hydrogen) atoms. The number of aliphatic hydroxyl groups is 1. The molecule has 3 aromatic rings. The summed E-state index contributed by atoms with van der Waals surface area (Å²) in [4.78, 5) is 41.4. The minimum Gasteiger partial charge on any atom is -0.384 e. The van der Waals surface area contributed by atoms with Crippen LogP contribution in [0.2, 0.25) is 10.0 Å². The van der Waals surface area contributed by atoms with Crippen molar-refractivity contribution in [1.29, 1.82) is 0 Å². The van der Waals surface area contributed by atoms with Crippen molar-refractivity contribution in [2.24, 2.45) is 0 Å². The smallest absolute Gasteiger partial charge is 0.264 e. The third-order valence-electron chi connectivity index (χ3n) is 6.89. The highest BCUT2D eigenvalue weighted by molar-refractivity contribution is 7.90. The number of nitrogens with one attached hydrogen (secondary N) is 1. The second kappa shape index (κ2) is 17.0. The number of carbonyl (C=O) groups excluding carboxylic acids is 3. The molecule has 0 saturated heterocycles. The summed E-state index contributed by atoms with van der Waals surface area (Å²) in [7, 11) is -4.31. The standard InChI is InChI=1S/C32H37Cl2N3O6S2/c1-3-7-30(39)36(15-14-31(40)37(16-17-44)20-23-8-6-9-25(33)18-23)21-24-12-13-26(28(34)19-24)27-10-4-5-11-29(27)45(42,43)35-32(41)22(2)38/h4-6,8-13,18-19,22,38,44H,3,7,14-17,20-21H2,1-2H3,(H,35,41). The number of carbonyl (C=O) groups is 3. The highest BCUT2D eigenvalue weighted by atomic mass is 35.5. The zero-order valence-corrected chi connectivity index (χ0v) is 28.3. The molecule has 0 aliphatic heterocycles. The molecule has 13 heteroatoms. The van der Waals surface area contributed by atoms with Crippen molar-refractivity contribution in [1.82, 2.24) is 14.5 Å². The van der Waals surface area contributed by atoms with E-state index < -0.39 is 22.0 Å². The minimum atomic E-state index is -4.31. The van der Waals surface area contributed by atoms with Crippen molar-refractivity contribution in [3.8, 4) is 11.1 Å². The van der Waals surface area contributed by atoms with Crippen LogP contribution in [0, 0.1) is 0 Å². The van der Waals surface area contributed by atoms with E-state index in [9.17, 15) is 27.9 Å². The normalized spacial score (nSPS) is 12.0. The highest BCUT2D eigenvalue weighted by Crippen LogP contribution is 2.34. The number of rotatable bonds is 15. The molecule has 1 unspecified atom stereocenters. The van der Waals surface area contributed by atoms with Gasteiger partial charge in [-0.15, -0.1) is 0 Å². The largest absolute Gasteiger partial charge is 0.384 e. The summed E-state index contributed by atoms with van der Waals surface area (Å²) in [5.74, 6) is -0.800. The average molecular weight is 695 g/mol. The Labute approximate surface area is 280 Å². The number of benzene rings is 3. The van der Waals surface area contributed by atoms with Gasteiger partial charge in [0, 0.05) is 65.9 Å². The molecule has 0 spiro atoms. The molecule has 0 aliphatic carbocycles. The van der Waals surface area contributed by atoms with Crippen molar-refractivity contribution < 1.29 is 27.9 Å². The van der Waals surface area contributed by atoms with Crippen LogP contribution in [0.4, 0.5) is 0 Å². The topological polar surface area (TPSA) is 124 Å². The molecule has 0 saturated carbocycles. The predicted octanol–water partition coefficient (Wildman–Crippen LogP) is 5.32. The molecule has 3 aromatic carbocycles. The molecule has 3 amide bonds. The molecular weight excluding hydrogens is 657 g/mol. The van der Waals surface area contributed by atoms with Gasteiger partial charge < -0.3 is 14.9 Å². The summed E-state index contributed by atoms with van der Waals surface area (Å²) in [6, 6.07) is 18.4. The summed E-state index contributed by atoms with van der Waals surface area (Å²) < 4.78 is 27.8. The fraction of sp³-hybridized carbons (Fsp3) is 0.344. The summed E-state index contributed by atoms with van der Waals surface area (Å²) in [5, 5.41) is 10.3. The van der Waals surface area contributed by atoms with Gasteiger partial charge in [-0.2, -0.15) is 12.6 Å². The summed E-state index contributed by atoms with van der Waals surface area (Å²) in [6.07, 6.45) is -0.455. The average Bonchev–Trinajstić information content (AvgIpc) is 2.99. The van der Waals surface area contributed by atoms with Crippen molar-refractivity contribution in [2.45, 2.75) is 57.2 Å². The fourth-order valence-electron chi connectivity index (χ4n) is 4.61. The van der Waals surface area contributed by atoms with Crippen LogP contribution in [0.5, 0.6) is 0 Å². The third-order valence-corrected chi connectivity index (χ3v) is 9.04. The zero-order valence-electron chi connectivity index (χ0n) is 25.1. The zero-order chi connectivity index (χ0) is 33.1. The maximum absolute atomic E-state index is 13.2. The van der Waals surface area contributed by atoms with E-state index in [-0.39, 0.29) is 46.8 Å². The number of amides is 3. The third kappa shape index (κ3) is 10.5. The van der Waals surface area contributed by atoms with Gasteiger partial charge >= 0.3 is 0 Å². The van der Waals surface area contributed by atoms with E-state index in [1.54, 1.807) is 46.2 Å². The van der Waals surface area contributed by atoms with Crippen molar-refractivity contribution >= 4 is 63.6 Å². The van der Waals surface area contributed by atoms with Crippen LogP contribution >= 0.6 is 35.8 Å². The van der Waals surface area contributed by atoms with Crippen LogP contribution in [0.1, 0.15) is 44.2 Å². The number of thiol groups is 1. The maximum atomic E-state index is 13.2. The number of hydrogen-bond donors (Lipinski definition) is 3. The van der Waals surface area contributed by atoms with Crippen LogP contribution in [0.25, 0.3) is 11.1 Å². The number of aliphatic hydroxyl groups excluding tert-OH is 1. The summed E-state index contributed by atoms with van der Waals surface area (Å²) >= 11 is 17.1. The number of halogens is 2. The van der Waals surface area contributed by atoms with Gasteiger partial charge in [0.15, 0.2) is 0 Å². The van der Waals surface area contributed by atoms with E-state index in [2.05, 4.69) is 12.6 Å². The van der Waals surface area contributed by atoms with Crippen LogP contribution in [0.15, 0.2) is 71.6 Å². The first-order valence-electron chi connectivity index (χ1n) is 14.4. The first kappa shape index (κ1) is 36.4. The van der Waals surface area contributed by atoms with E-state index in [0.29, 0.717) is 47.8 Å². The van der Waals surface area contributed by atoms with Gasteiger partial charge in [0.1, 0.15) is 6.10 Å². The van der Waals surface area contributed by atoms with Gasteiger partial charge in [0.25, 0.3) is 15.9 Å². The molecule has 0 aliphatic rings. The fourth-order valence-corrected chi connectivity index (χ4v) is 6.64. The molecule has 3 rings (SSSR count). The molecule has 0 heterocycles. The Hall–Kier alpha value is -3.09. The monoisotopic (exact) mass is 693 g/mol. The van der Waals surface area contributed by atoms with Crippen LogP contribution < -0.4 is 4.72 Å². The van der Waals surface area contributed by atoms with E-state index in [4.69, 9.17) is 23.2 Å². The van der Waals surface area contributed by atoms with Gasteiger partial charge in [-0.1, -0.05) is 72.6 Å². The maximum Gasteiger partial charge on any atom is 0.264 e. The Balaban J connectivity index is 1.81. The predicted molar refractivity (Wildman–Crippen MR) is 180 cm³/mol. The number of hydrogen-bond acceptors (Lipinski definition) is 7. The molecule has 0 radical (unpaired) electrons. The van der Waals surface area contributed by atoms with E-state index in [0.717, 1.165) is 12.5 Å². The van der Waals surface area contributed by atoms with Gasteiger partial charge in [-0.3, -0.25) is 14.4 Å². The van der Waals surface area contributed by atoms with Crippen molar-refractivity contribution in [2.75, 3.05) is 18.8 Å². The molecule has 1 atom stereocenters. The first-order chi connectivity index (χ1) is 21.4. The van der Waals surface area contributed by atoms with Crippen LogP contribution in [-0.4, -0.2) is 66.0 Å². The van der Waals surface area contributed by atoms with E-state index in [1.807, 2.05) is 29.8 Å². The SMILES string of the molecule is CCCC(=O)N(CCC(=O)N(CCS)Cc1cccc(Cl)c1)Cc1ccc(-c2ccccc2S(=O)(=O)NC(=O)C(C)O)c(Cl)c1. The molecule has 2 N–H and O–H groups in total. The molecule has 0 bridgehead atoms. The lowest BCUT2D eigenvalue weighted by molar-refractivity contribution is -0.135. The quantitative estimate of drug-likeness (QED) is 0.185. The Morgan fingerprint density at radius 2 is 1.51 bits per heavy atom. The Bertz CT molecular complexity index is 1620. The van der Waals surface area contributed by atoms with Gasteiger partial charge in [0.2, 0.25) is 11.8 Å².